The summed E-state index contributed by atoms with van der Waals surface area (Å²) in [5.41, 5.74) is 1.28. The number of rotatable bonds is 0. The average molecular weight is 206 g/mol. The normalized spacial score (nSPS) is 46.5. The lowest BCUT2D eigenvalue weighted by atomic mass is 9.47. The lowest BCUT2D eigenvalue weighted by molar-refractivity contribution is -0.125. The smallest absolute Gasteiger partial charge is 0.158 e. The summed E-state index contributed by atoms with van der Waals surface area (Å²) in [5.74, 6) is 1.03. The van der Waals surface area contributed by atoms with Crippen molar-refractivity contribution in [1.82, 2.24) is 0 Å². The molecule has 0 heterocycles. The number of Topliss-reactive ketones (excluding diaryl/α,β-unsaturated/α-hetero) is 1. The summed E-state index contributed by atoms with van der Waals surface area (Å²) < 4.78 is 0. The van der Waals surface area contributed by atoms with Gasteiger partial charge < -0.3 is 0 Å². The summed E-state index contributed by atoms with van der Waals surface area (Å²) in [4.78, 5) is 11.8. The predicted octanol–water partition coefficient (Wildman–Crippen LogP) is 3.74. The first-order valence-corrected chi connectivity index (χ1v) is 6.14. The maximum atomic E-state index is 11.8. The summed E-state index contributed by atoms with van der Waals surface area (Å²) in [7, 11) is 0. The quantitative estimate of drug-likeness (QED) is 0.552. The third-order valence-electron chi connectivity index (χ3n) is 5.54. The van der Waals surface area contributed by atoms with Crippen molar-refractivity contribution < 1.29 is 4.79 Å². The first kappa shape index (κ1) is 10.9. The van der Waals surface area contributed by atoms with Crippen LogP contribution in [0.4, 0.5) is 0 Å². The molecule has 84 valence electrons. The van der Waals surface area contributed by atoms with Gasteiger partial charge in [0.05, 0.1) is 0 Å². The summed E-state index contributed by atoms with van der Waals surface area (Å²) >= 11 is 0. The molecule has 0 spiro atoms. The molecule has 1 heteroatoms. The van der Waals surface area contributed by atoms with Crippen LogP contribution >= 0.6 is 0 Å². The molecule has 2 aliphatic carbocycles. The number of fused-ring (bicyclic) bond motifs is 1. The fourth-order valence-corrected chi connectivity index (χ4v) is 3.76. The Morgan fingerprint density at radius 1 is 1.33 bits per heavy atom. The van der Waals surface area contributed by atoms with Crippen LogP contribution in [0, 0.1) is 16.7 Å². The van der Waals surface area contributed by atoms with Crippen molar-refractivity contribution >= 4 is 5.78 Å². The highest BCUT2D eigenvalue weighted by molar-refractivity contribution is 5.97. The molecule has 0 bridgehead atoms. The fraction of sp³-hybridized carbons (Fsp3) is 0.786. The number of allylic oxidation sites excluding steroid dienone is 1. The van der Waals surface area contributed by atoms with E-state index in [1.165, 1.54) is 12.8 Å². The van der Waals surface area contributed by atoms with Crippen LogP contribution < -0.4 is 0 Å². The van der Waals surface area contributed by atoms with Crippen LogP contribution in [-0.4, -0.2) is 5.78 Å². The van der Waals surface area contributed by atoms with Crippen molar-refractivity contribution in [1.29, 1.82) is 0 Å². The fourth-order valence-electron chi connectivity index (χ4n) is 3.76. The SMILES string of the molecule is C=C1C(=O)CC[C@]2(C)[C@@H](C)CCC[C@]12C. The molecule has 0 saturated heterocycles. The number of hydrogen-bond acceptors (Lipinski definition) is 1. The van der Waals surface area contributed by atoms with E-state index in [2.05, 4.69) is 27.4 Å². The Hall–Kier alpha value is -0.590. The molecule has 0 amide bonds. The molecule has 0 aromatic rings. The van der Waals surface area contributed by atoms with Crippen LogP contribution in [0.3, 0.4) is 0 Å². The zero-order chi connectivity index (χ0) is 11.3. The Morgan fingerprint density at radius 3 is 2.67 bits per heavy atom. The van der Waals surface area contributed by atoms with Gasteiger partial charge in [-0.1, -0.05) is 40.2 Å². The molecule has 0 radical (unpaired) electrons. The molecule has 3 atom stereocenters. The minimum atomic E-state index is 0.0694. The minimum absolute atomic E-state index is 0.0694. The zero-order valence-corrected chi connectivity index (χ0v) is 10.2. The van der Waals surface area contributed by atoms with Crippen molar-refractivity contribution in [2.45, 2.75) is 52.9 Å². The van der Waals surface area contributed by atoms with E-state index in [0.29, 0.717) is 11.2 Å². The monoisotopic (exact) mass is 206 g/mol. The Labute approximate surface area is 92.9 Å². The first-order valence-electron chi connectivity index (χ1n) is 6.14. The van der Waals surface area contributed by atoms with Crippen LogP contribution in [0.1, 0.15) is 52.9 Å². The lowest BCUT2D eigenvalue weighted by Gasteiger charge is -2.57. The Morgan fingerprint density at radius 2 is 2.00 bits per heavy atom. The second-order valence-electron chi connectivity index (χ2n) is 5.94. The molecule has 0 unspecified atom stereocenters. The highest BCUT2D eigenvalue weighted by Gasteiger charge is 2.54. The third-order valence-corrected chi connectivity index (χ3v) is 5.54. The molecular weight excluding hydrogens is 184 g/mol. The molecule has 0 aromatic heterocycles. The van der Waals surface area contributed by atoms with Gasteiger partial charge in [-0.15, -0.1) is 0 Å². The van der Waals surface area contributed by atoms with E-state index in [-0.39, 0.29) is 5.41 Å². The van der Waals surface area contributed by atoms with Gasteiger partial charge in [0.2, 0.25) is 0 Å². The predicted molar refractivity (Wildman–Crippen MR) is 62.6 cm³/mol. The van der Waals surface area contributed by atoms with Crippen LogP contribution in [-0.2, 0) is 4.79 Å². The molecule has 0 aromatic carbocycles. The second kappa shape index (κ2) is 3.20. The van der Waals surface area contributed by atoms with E-state index in [0.717, 1.165) is 30.8 Å². The third kappa shape index (κ3) is 1.25. The second-order valence-corrected chi connectivity index (χ2v) is 5.94. The van der Waals surface area contributed by atoms with Crippen molar-refractivity contribution in [3.63, 3.8) is 0 Å². The van der Waals surface area contributed by atoms with Gasteiger partial charge in [-0.2, -0.15) is 0 Å². The van der Waals surface area contributed by atoms with Crippen LogP contribution in [0.5, 0.6) is 0 Å². The Bertz CT molecular complexity index is 317. The van der Waals surface area contributed by atoms with Crippen LogP contribution in [0.15, 0.2) is 12.2 Å². The highest BCUT2D eigenvalue weighted by atomic mass is 16.1. The van der Waals surface area contributed by atoms with E-state index in [9.17, 15) is 4.79 Å². The summed E-state index contributed by atoms with van der Waals surface area (Å²) in [6, 6.07) is 0. The van der Waals surface area contributed by atoms with Crippen molar-refractivity contribution in [2.75, 3.05) is 0 Å². The van der Waals surface area contributed by atoms with E-state index in [1.807, 2.05) is 0 Å². The van der Waals surface area contributed by atoms with E-state index < -0.39 is 0 Å². The van der Waals surface area contributed by atoms with Gasteiger partial charge in [0.25, 0.3) is 0 Å². The number of carbonyl (C=O) groups excluding carboxylic acids is 1. The number of hydrogen-bond donors (Lipinski definition) is 0. The van der Waals surface area contributed by atoms with Gasteiger partial charge in [-0.25, -0.2) is 0 Å². The average Bonchev–Trinajstić information content (AvgIpc) is 2.20. The summed E-state index contributed by atoms with van der Waals surface area (Å²) in [6.45, 7) is 11.1. The lowest BCUT2D eigenvalue weighted by Crippen LogP contribution is -2.51. The summed E-state index contributed by atoms with van der Waals surface area (Å²) in [5, 5.41) is 0. The molecule has 0 N–H and O–H groups in total. The Balaban J connectivity index is 2.44. The zero-order valence-electron chi connectivity index (χ0n) is 10.2. The van der Waals surface area contributed by atoms with Gasteiger partial charge in [0.1, 0.15) is 0 Å². The van der Waals surface area contributed by atoms with Gasteiger partial charge in [-0.05, 0) is 29.7 Å². The largest absolute Gasteiger partial charge is 0.295 e. The van der Waals surface area contributed by atoms with Gasteiger partial charge >= 0.3 is 0 Å². The first-order chi connectivity index (χ1) is 6.92. The Kier molecular flexibility index (Phi) is 2.33. The topological polar surface area (TPSA) is 17.1 Å². The number of ketones is 1. The molecular formula is C14H22O. The van der Waals surface area contributed by atoms with Crippen molar-refractivity contribution in [3.8, 4) is 0 Å². The molecule has 1 nitrogen and oxygen atoms in total. The molecule has 2 saturated carbocycles. The maximum Gasteiger partial charge on any atom is 0.158 e. The molecule has 2 rings (SSSR count). The van der Waals surface area contributed by atoms with E-state index in [4.69, 9.17) is 0 Å². The molecule has 15 heavy (non-hydrogen) atoms. The summed E-state index contributed by atoms with van der Waals surface area (Å²) in [6.07, 6.45) is 5.49. The van der Waals surface area contributed by atoms with Gasteiger partial charge in [-0.3, -0.25) is 4.79 Å². The van der Waals surface area contributed by atoms with Gasteiger partial charge in [0.15, 0.2) is 5.78 Å². The van der Waals surface area contributed by atoms with Crippen LogP contribution in [0.25, 0.3) is 0 Å². The highest BCUT2D eigenvalue weighted by Crippen LogP contribution is 2.61. The molecule has 2 fully saturated rings. The van der Waals surface area contributed by atoms with Gasteiger partial charge in [0, 0.05) is 11.8 Å². The van der Waals surface area contributed by atoms with Crippen LogP contribution in [0.2, 0.25) is 0 Å². The molecule has 0 aliphatic heterocycles. The maximum absolute atomic E-state index is 11.8. The standard InChI is InChI=1S/C14H22O/c1-10-6-5-8-14(4)11(2)12(15)7-9-13(10,14)3/h10H,2,5-9H2,1,3-4H3/t10-,13+,14+/m0/s1. The van der Waals surface area contributed by atoms with E-state index >= 15 is 0 Å². The van der Waals surface area contributed by atoms with E-state index in [1.54, 1.807) is 0 Å². The van der Waals surface area contributed by atoms with Crippen molar-refractivity contribution in [2.24, 2.45) is 16.7 Å². The molecule has 2 aliphatic rings. The number of carbonyl (C=O) groups is 1. The van der Waals surface area contributed by atoms with Crippen molar-refractivity contribution in [3.05, 3.63) is 12.2 Å². The minimum Gasteiger partial charge on any atom is -0.295 e.